The second kappa shape index (κ2) is 6.69. The number of nitrogens with zero attached hydrogens (tertiary/aromatic N) is 5. The number of aromatic nitrogens is 4. The standard InChI is InChI=1S/C15H16N6O4S/c1-20(2)26(23,24)11-6-4-10(5-7-11)14-18-19-15(25-14)17-13(22)12-8-9-16-21(12)3/h4-9H,1-3H3,(H,17,19,22). The molecular weight excluding hydrogens is 360 g/mol. The molecule has 26 heavy (non-hydrogen) atoms. The molecule has 0 aliphatic carbocycles. The number of benzene rings is 1. The largest absolute Gasteiger partial charge is 0.403 e. The van der Waals surface area contributed by atoms with Crippen LogP contribution in [0.3, 0.4) is 0 Å². The van der Waals surface area contributed by atoms with Crippen molar-refractivity contribution in [3.63, 3.8) is 0 Å². The minimum Gasteiger partial charge on any atom is -0.403 e. The Labute approximate surface area is 149 Å². The minimum atomic E-state index is -3.51. The van der Waals surface area contributed by atoms with Crippen molar-refractivity contribution in [2.45, 2.75) is 4.90 Å². The summed E-state index contributed by atoms with van der Waals surface area (Å²) >= 11 is 0. The second-order valence-electron chi connectivity index (χ2n) is 5.52. The van der Waals surface area contributed by atoms with Crippen molar-refractivity contribution in [2.75, 3.05) is 19.4 Å². The zero-order valence-corrected chi connectivity index (χ0v) is 15.1. The number of hydrogen-bond donors (Lipinski definition) is 1. The molecule has 0 spiro atoms. The molecule has 10 nitrogen and oxygen atoms in total. The molecule has 0 bridgehead atoms. The molecule has 3 rings (SSSR count). The highest BCUT2D eigenvalue weighted by molar-refractivity contribution is 7.89. The minimum absolute atomic E-state index is 0.0730. The Bertz CT molecular complexity index is 1040. The van der Waals surface area contributed by atoms with Gasteiger partial charge in [0, 0.05) is 32.9 Å². The summed E-state index contributed by atoms with van der Waals surface area (Å²) in [4.78, 5) is 12.2. The van der Waals surface area contributed by atoms with Gasteiger partial charge in [-0.3, -0.25) is 14.8 Å². The number of carbonyl (C=O) groups is 1. The molecule has 0 atom stereocenters. The molecule has 0 aliphatic rings. The fourth-order valence-electron chi connectivity index (χ4n) is 2.13. The zero-order valence-electron chi connectivity index (χ0n) is 14.2. The summed E-state index contributed by atoms with van der Waals surface area (Å²) in [7, 11) is 1.04. The van der Waals surface area contributed by atoms with Gasteiger partial charge in [-0.1, -0.05) is 5.10 Å². The molecule has 0 fully saturated rings. The van der Waals surface area contributed by atoms with Gasteiger partial charge in [0.05, 0.1) is 4.90 Å². The molecular formula is C15H16N6O4S. The van der Waals surface area contributed by atoms with Gasteiger partial charge in [-0.25, -0.2) is 12.7 Å². The summed E-state index contributed by atoms with van der Waals surface area (Å²) in [6.45, 7) is 0. The fourth-order valence-corrected chi connectivity index (χ4v) is 3.03. The molecule has 1 aromatic carbocycles. The van der Waals surface area contributed by atoms with Gasteiger partial charge >= 0.3 is 6.01 Å². The van der Waals surface area contributed by atoms with Crippen molar-refractivity contribution >= 4 is 21.9 Å². The number of nitrogens with one attached hydrogen (secondary N) is 1. The molecule has 0 saturated carbocycles. The second-order valence-corrected chi connectivity index (χ2v) is 7.67. The molecule has 2 aromatic heterocycles. The Kier molecular flexibility index (Phi) is 4.57. The summed E-state index contributed by atoms with van der Waals surface area (Å²) in [6.07, 6.45) is 1.50. The lowest BCUT2D eigenvalue weighted by Gasteiger charge is -2.11. The van der Waals surface area contributed by atoms with Crippen molar-refractivity contribution < 1.29 is 17.6 Å². The van der Waals surface area contributed by atoms with Crippen LogP contribution in [-0.4, -0.2) is 52.7 Å². The first-order valence-electron chi connectivity index (χ1n) is 7.45. The smallest absolute Gasteiger partial charge is 0.322 e. The molecule has 1 N–H and O–H groups in total. The number of anilines is 1. The Hall–Kier alpha value is -3.05. The van der Waals surface area contributed by atoms with Crippen molar-refractivity contribution in [3.8, 4) is 11.5 Å². The van der Waals surface area contributed by atoms with Crippen LogP contribution in [0.15, 0.2) is 45.8 Å². The van der Waals surface area contributed by atoms with Crippen LogP contribution in [0, 0.1) is 0 Å². The van der Waals surface area contributed by atoms with E-state index in [0.29, 0.717) is 11.3 Å². The monoisotopic (exact) mass is 376 g/mol. The topological polar surface area (TPSA) is 123 Å². The van der Waals surface area contributed by atoms with E-state index in [-0.39, 0.29) is 16.8 Å². The maximum absolute atomic E-state index is 12.1. The van der Waals surface area contributed by atoms with E-state index in [1.54, 1.807) is 25.2 Å². The van der Waals surface area contributed by atoms with Crippen LogP contribution >= 0.6 is 0 Å². The third kappa shape index (κ3) is 3.34. The van der Waals surface area contributed by atoms with E-state index in [0.717, 1.165) is 4.31 Å². The Morgan fingerprint density at radius 2 is 1.85 bits per heavy atom. The van der Waals surface area contributed by atoms with Gasteiger partial charge in [0.1, 0.15) is 5.69 Å². The predicted molar refractivity (Wildman–Crippen MR) is 91.8 cm³/mol. The number of amides is 1. The van der Waals surface area contributed by atoms with E-state index in [4.69, 9.17) is 4.42 Å². The molecule has 2 heterocycles. The maximum atomic E-state index is 12.1. The van der Waals surface area contributed by atoms with Crippen molar-refractivity contribution in [2.24, 2.45) is 7.05 Å². The highest BCUT2D eigenvalue weighted by atomic mass is 32.2. The molecule has 0 unspecified atom stereocenters. The first-order chi connectivity index (χ1) is 12.3. The summed E-state index contributed by atoms with van der Waals surface area (Å²) in [5.74, 6) is -0.285. The van der Waals surface area contributed by atoms with E-state index < -0.39 is 15.9 Å². The third-order valence-electron chi connectivity index (χ3n) is 3.58. The van der Waals surface area contributed by atoms with E-state index in [2.05, 4.69) is 20.6 Å². The maximum Gasteiger partial charge on any atom is 0.322 e. The van der Waals surface area contributed by atoms with Crippen LogP contribution in [0.25, 0.3) is 11.5 Å². The summed E-state index contributed by atoms with van der Waals surface area (Å²) in [6, 6.07) is 7.48. The van der Waals surface area contributed by atoms with Crippen LogP contribution in [0.1, 0.15) is 10.5 Å². The van der Waals surface area contributed by atoms with E-state index >= 15 is 0 Å². The number of sulfonamides is 1. The molecule has 3 aromatic rings. The number of hydrogen-bond acceptors (Lipinski definition) is 7. The molecule has 0 aliphatic heterocycles. The predicted octanol–water partition coefficient (Wildman–Crippen LogP) is 0.973. The van der Waals surface area contributed by atoms with Crippen molar-refractivity contribution in [3.05, 3.63) is 42.2 Å². The zero-order chi connectivity index (χ0) is 18.9. The van der Waals surface area contributed by atoms with E-state index in [1.807, 2.05) is 0 Å². The quantitative estimate of drug-likeness (QED) is 0.704. The van der Waals surface area contributed by atoms with Crippen LogP contribution in [0.2, 0.25) is 0 Å². The van der Waals surface area contributed by atoms with Crippen molar-refractivity contribution in [1.29, 1.82) is 0 Å². The van der Waals surface area contributed by atoms with Crippen LogP contribution < -0.4 is 5.32 Å². The van der Waals surface area contributed by atoms with E-state index in [1.165, 1.54) is 37.1 Å². The Morgan fingerprint density at radius 3 is 2.42 bits per heavy atom. The SMILES string of the molecule is CN(C)S(=O)(=O)c1ccc(-c2nnc(NC(=O)c3ccnn3C)o2)cc1. The van der Waals surface area contributed by atoms with Gasteiger partial charge in [-0.2, -0.15) is 5.10 Å². The highest BCUT2D eigenvalue weighted by Crippen LogP contribution is 2.22. The Balaban J connectivity index is 1.78. The van der Waals surface area contributed by atoms with Gasteiger partial charge in [0.25, 0.3) is 5.91 Å². The normalized spacial score (nSPS) is 11.7. The first kappa shape index (κ1) is 17.8. The molecule has 0 saturated heterocycles. The average molecular weight is 376 g/mol. The van der Waals surface area contributed by atoms with Gasteiger partial charge in [0.2, 0.25) is 15.9 Å². The highest BCUT2D eigenvalue weighted by Gasteiger charge is 2.18. The third-order valence-corrected chi connectivity index (χ3v) is 5.41. The summed E-state index contributed by atoms with van der Waals surface area (Å²) < 4.78 is 32.1. The molecule has 136 valence electrons. The molecule has 11 heteroatoms. The summed E-state index contributed by atoms with van der Waals surface area (Å²) in [5, 5.41) is 14.0. The molecule has 0 radical (unpaired) electrons. The van der Waals surface area contributed by atoms with Gasteiger partial charge < -0.3 is 4.42 Å². The van der Waals surface area contributed by atoms with Gasteiger partial charge in [0.15, 0.2) is 0 Å². The lowest BCUT2D eigenvalue weighted by molar-refractivity contribution is 0.101. The van der Waals surface area contributed by atoms with Gasteiger partial charge in [-0.05, 0) is 30.3 Å². The lowest BCUT2D eigenvalue weighted by Crippen LogP contribution is -2.22. The number of carbonyl (C=O) groups excluding carboxylic acids is 1. The summed E-state index contributed by atoms with van der Waals surface area (Å²) in [5.41, 5.74) is 0.860. The number of aryl methyl sites for hydroxylation is 1. The first-order valence-corrected chi connectivity index (χ1v) is 8.89. The van der Waals surface area contributed by atoms with Crippen LogP contribution in [0.4, 0.5) is 6.01 Å². The lowest BCUT2D eigenvalue weighted by atomic mass is 10.2. The fraction of sp³-hybridized carbons (Fsp3) is 0.200. The van der Waals surface area contributed by atoms with Gasteiger partial charge in [-0.15, -0.1) is 5.10 Å². The van der Waals surface area contributed by atoms with E-state index in [9.17, 15) is 13.2 Å². The molecule has 1 amide bonds. The van der Waals surface area contributed by atoms with Crippen LogP contribution in [-0.2, 0) is 17.1 Å². The Morgan fingerprint density at radius 1 is 1.15 bits per heavy atom. The van der Waals surface area contributed by atoms with Crippen molar-refractivity contribution in [1.82, 2.24) is 24.3 Å². The van der Waals surface area contributed by atoms with Crippen LogP contribution in [0.5, 0.6) is 0 Å². The number of rotatable bonds is 5. The average Bonchev–Trinajstić information content (AvgIpc) is 3.24.